The lowest BCUT2D eigenvalue weighted by Crippen LogP contribution is -2.51. The van der Waals surface area contributed by atoms with Crippen molar-refractivity contribution in [2.24, 2.45) is 65.0 Å². The van der Waals surface area contributed by atoms with E-state index in [4.69, 9.17) is 0 Å². The highest BCUT2D eigenvalue weighted by atomic mass is 14.6. The third kappa shape index (κ3) is 12.5. The summed E-state index contributed by atoms with van der Waals surface area (Å²) >= 11 is 0. The molecular weight excluding hydrogens is 649 g/mol. The maximum Gasteiger partial charge on any atom is -0.0200 e. The predicted octanol–water partition coefficient (Wildman–Crippen LogP) is 20.3. The Balaban J connectivity index is -0.000000302. The van der Waals surface area contributed by atoms with Crippen molar-refractivity contribution < 1.29 is 0 Å². The highest BCUT2D eigenvalue weighted by Crippen LogP contribution is 2.68. The van der Waals surface area contributed by atoms with Gasteiger partial charge in [0.25, 0.3) is 0 Å². The van der Waals surface area contributed by atoms with Crippen LogP contribution in [0.5, 0.6) is 0 Å². The smallest absolute Gasteiger partial charge is 0.0200 e. The largest absolute Gasteiger partial charge is 0.0776 e. The van der Waals surface area contributed by atoms with Crippen LogP contribution >= 0.6 is 0 Å². The highest BCUT2D eigenvalue weighted by Gasteiger charge is 2.59. The Labute approximate surface area is 349 Å². The molecule has 0 nitrogen and oxygen atoms in total. The minimum atomic E-state index is 0. The summed E-state index contributed by atoms with van der Waals surface area (Å²) in [5.41, 5.74) is 6.10. The first kappa shape index (κ1) is 60.7. The predicted molar refractivity (Wildman–Crippen MR) is 257 cm³/mol. The summed E-state index contributed by atoms with van der Waals surface area (Å²) in [5, 5.41) is 0. The van der Waals surface area contributed by atoms with Crippen molar-refractivity contribution in [1.82, 2.24) is 0 Å². The van der Waals surface area contributed by atoms with E-state index in [1.54, 1.807) is 0 Å². The molecule has 0 amide bonds. The summed E-state index contributed by atoms with van der Waals surface area (Å²) in [6, 6.07) is 0. The van der Waals surface area contributed by atoms with Gasteiger partial charge in [0.1, 0.15) is 0 Å². The van der Waals surface area contributed by atoms with E-state index in [2.05, 4.69) is 166 Å². The van der Waals surface area contributed by atoms with Gasteiger partial charge in [-0.1, -0.05) is 234 Å². The van der Waals surface area contributed by atoms with Crippen LogP contribution in [-0.2, 0) is 0 Å². The molecule has 0 heterocycles. The van der Waals surface area contributed by atoms with Crippen LogP contribution in [0.15, 0.2) is 0 Å². The lowest BCUT2D eigenvalue weighted by Gasteiger charge is -2.60. The third-order valence-electron chi connectivity index (χ3n) is 16.6. The molecule has 4 aliphatic carbocycles. The average molecular weight is 766 g/mol. The Kier molecular flexibility index (Phi) is 21.8. The molecule has 0 aromatic heterocycles. The van der Waals surface area contributed by atoms with E-state index >= 15 is 0 Å². The highest BCUT2D eigenvalue weighted by molar-refractivity contribution is 5.08. The molecule has 0 saturated heterocycles. The van der Waals surface area contributed by atoms with Crippen LogP contribution in [0.1, 0.15) is 286 Å². The van der Waals surface area contributed by atoms with Crippen molar-refractivity contribution in [3.63, 3.8) is 0 Å². The van der Waals surface area contributed by atoms with Gasteiger partial charge in [0.15, 0.2) is 0 Å². The standard InChI is InChI=1S/C14H28.C13H26.C12H24.C11H22.4CH4/c1-12(2,3)14(13(4,5)6)10-8-7-9-11-14;1-11(2,3)13(12(4,5)6)9-7-8-10-13;1-10(2,3)12(8-7-9-12)11(4,5)6;1-9(2,3)11(7-8-11)10(4,5)6;;;;/h7-11H2,1-6H3;7-10H2,1-6H3;7-9H2,1-6H3;7-8H2,1-6H3;4*1H4. The lowest BCUT2D eigenvalue weighted by molar-refractivity contribution is -0.100. The summed E-state index contributed by atoms with van der Waals surface area (Å²) in [7, 11) is 0. The quantitative estimate of drug-likeness (QED) is 0.230. The van der Waals surface area contributed by atoms with Crippen molar-refractivity contribution >= 4 is 0 Å². The van der Waals surface area contributed by atoms with Crippen LogP contribution < -0.4 is 0 Å². The van der Waals surface area contributed by atoms with E-state index in [-0.39, 0.29) is 29.7 Å². The van der Waals surface area contributed by atoms with Crippen LogP contribution in [0.4, 0.5) is 0 Å². The van der Waals surface area contributed by atoms with Gasteiger partial charge in [0.2, 0.25) is 0 Å². The second kappa shape index (κ2) is 19.4. The van der Waals surface area contributed by atoms with Crippen molar-refractivity contribution in [2.45, 2.75) is 286 Å². The molecular formula is C54H116. The van der Waals surface area contributed by atoms with Gasteiger partial charge in [0.05, 0.1) is 0 Å². The average Bonchev–Trinajstić information content (AvgIpc) is 3.51. The van der Waals surface area contributed by atoms with Crippen molar-refractivity contribution in [2.75, 3.05) is 0 Å². The first-order chi connectivity index (χ1) is 21.8. The molecule has 0 heteroatoms. The minimum Gasteiger partial charge on any atom is -0.0776 e. The van der Waals surface area contributed by atoms with Gasteiger partial charge in [-0.2, -0.15) is 0 Å². The first-order valence-corrected chi connectivity index (χ1v) is 21.8. The Bertz CT molecular complexity index is 937. The zero-order valence-corrected chi connectivity index (χ0v) is 39.9. The van der Waals surface area contributed by atoms with Crippen molar-refractivity contribution in [3.05, 3.63) is 0 Å². The van der Waals surface area contributed by atoms with Crippen molar-refractivity contribution in [3.8, 4) is 0 Å². The maximum absolute atomic E-state index is 2.43. The van der Waals surface area contributed by atoms with Gasteiger partial charge in [-0.15, -0.1) is 0 Å². The van der Waals surface area contributed by atoms with Crippen LogP contribution in [0.25, 0.3) is 0 Å². The van der Waals surface area contributed by atoms with Crippen molar-refractivity contribution in [1.29, 1.82) is 0 Å². The second-order valence-corrected chi connectivity index (χ2v) is 26.4. The summed E-state index contributed by atoms with van der Waals surface area (Å²) in [6.45, 7) is 57.8. The molecule has 4 aliphatic rings. The topological polar surface area (TPSA) is 0 Å². The second-order valence-electron chi connectivity index (χ2n) is 26.4. The number of hydrogen-bond donors (Lipinski definition) is 0. The molecule has 0 unspecified atom stereocenters. The molecule has 0 atom stereocenters. The molecule has 0 aromatic rings. The van der Waals surface area contributed by atoms with E-state index in [0.717, 1.165) is 0 Å². The molecule has 4 fully saturated rings. The van der Waals surface area contributed by atoms with Crippen LogP contribution in [0.2, 0.25) is 0 Å². The maximum atomic E-state index is 2.43. The number of hydrogen-bond acceptors (Lipinski definition) is 0. The molecule has 4 rings (SSSR count). The molecule has 0 radical (unpaired) electrons. The fourth-order valence-corrected chi connectivity index (χ4v) is 13.3. The SMILES string of the molecule is C.C.C.C.CC(C)(C)C1(C(C)(C)C)CC1.CC(C)(C)C1(C(C)(C)C)CCC1.CC(C)(C)C1(C(C)(C)C)CCCC1.CC(C)(C)C1(C(C)(C)C)CCCCC1. The Morgan fingerprint density at radius 3 is 0.389 bits per heavy atom. The zero-order chi connectivity index (χ0) is 39.9. The molecule has 54 heavy (non-hydrogen) atoms. The Hall–Kier alpha value is 0. The Morgan fingerprint density at radius 1 is 0.185 bits per heavy atom. The van der Waals surface area contributed by atoms with Gasteiger partial charge >= 0.3 is 0 Å². The van der Waals surface area contributed by atoms with Crippen LogP contribution in [0.3, 0.4) is 0 Å². The summed E-state index contributed by atoms with van der Waals surface area (Å²) < 4.78 is 0. The zero-order valence-electron chi connectivity index (χ0n) is 39.9. The van der Waals surface area contributed by atoms with Crippen LogP contribution in [0, 0.1) is 65.0 Å². The molecule has 0 aliphatic heterocycles. The van der Waals surface area contributed by atoms with Gasteiger partial charge < -0.3 is 0 Å². The molecule has 0 N–H and O–H groups in total. The summed E-state index contributed by atoms with van der Waals surface area (Å²) in [6.07, 6.45) is 20.1. The van der Waals surface area contributed by atoms with E-state index in [1.165, 1.54) is 89.9 Å². The minimum absolute atomic E-state index is 0. The summed E-state index contributed by atoms with van der Waals surface area (Å²) in [5.74, 6) is 0. The third-order valence-corrected chi connectivity index (χ3v) is 16.6. The normalized spacial score (nSPS) is 21.8. The molecule has 332 valence electrons. The van der Waals surface area contributed by atoms with E-state index in [1.807, 2.05) is 0 Å². The van der Waals surface area contributed by atoms with Gasteiger partial charge in [-0.25, -0.2) is 0 Å². The van der Waals surface area contributed by atoms with E-state index < -0.39 is 0 Å². The molecule has 0 aromatic carbocycles. The molecule has 0 bridgehead atoms. The van der Waals surface area contributed by atoms with E-state index in [9.17, 15) is 0 Å². The Morgan fingerprint density at radius 2 is 0.315 bits per heavy atom. The van der Waals surface area contributed by atoms with Crippen LogP contribution in [-0.4, -0.2) is 0 Å². The summed E-state index contributed by atoms with van der Waals surface area (Å²) in [4.78, 5) is 0. The first-order valence-electron chi connectivity index (χ1n) is 21.8. The monoisotopic (exact) mass is 765 g/mol. The molecule has 0 spiro atoms. The van der Waals surface area contributed by atoms with Gasteiger partial charge in [-0.3, -0.25) is 0 Å². The van der Waals surface area contributed by atoms with Gasteiger partial charge in [-0.05, 0) is 116 Å². The van der Waals surface area contributed by atoms with E-state index in [0.29, 0.717) is 65.0 Å². The number of rotatable bonds is 0. The van der Waals surface area contributed by atoms with Gasteiger partial charge in [0, 0.05) is 0 Å². The molecule has 4 saturated carbocycles. The fourth-order valence-electron chi connectivity index (χ4n) is 13.3. The lowest BCUT2D eigenvalue weighted by atomic mass is 9.45. The fraction of sp³-hybridized carbons (Fsp3) is 1.00.